The number of nitrogens with one attached hydrogen (secondary N) is 1. The lowest BCUT2D eigenvalue weighted by Crippen LogP contribution is -2.32. The number of anilines is 1. The van der Waals surface area contributed by atoms with Crippen molar-refractivity contribution in [3.05, 3.63) is 28.2 Å². The van der Waals surface area contributed by atoms with E-state index < -0.39 is 0 Å². The van der Waals surface area contributed by atoms with Crippen LogP contribution >= 0.6 is 15.9 Å². The lowest BCUT2D eigenvalue weighted by atomic mass is 10.1. The highest BCUT2D eigenvalue weighted by atomic mass is 79.9. The van der Waals surface area contributed by atoms with E-state index in [0.717, 1.165) is 17.6 Å². The number of likely N-dealkylation sites (tertiary alicyclic amines) is 1. The molecule has 1 fully saturated rings. The largest absolute Gasteiger partial charge is 0.373 e. The van der Waals surface area contributed by atoms with E-state index >= 15 is 0 Å². The van der Waals surface area contributed by atoms with E-state index in [0.29, 0.717) is 6.04 Å². The van der Waals surface area contributed by atoms with Crippen molar-refractivity contribution in [2.24, 2.45) is 0 Å². The molecule has 0 spiro atoms. The van der Waals surface area contributed by atoms with Crippen molar-refractivity contribution in [3.8, 4) is 0 Å². The summed E-state index contributed by atoms with van der Waals surface area (Å²) in [6.07, 6.45) is 2.73. The third kappa shape index (κ3) is 4.70. The average molecular weight is 354 g/mol. The van der Waals surface area contributed by atoms with Gasteiger partial charge in [0.2, 0.25) is 0 Å². The van der Waals surface area contributed by atoms with Crippen LogP contribution in [0.25, 0.3) is 0 Å². The summed E-state index contributed by atoms with van der Waals surface area (Å²) in [6.45, 7) is 10.2. The van der Waals surface area contributed by atoms with E-state index in [1.54, 1.807) is 0 Å². The molecule has 3 nitrogen and oxygen atoms in total. The molecule has 1 unspecified atom stereocenters. The summed E-state index contributed by atoms with van der Waals surface area (Å²) in [7, 11) is 2.21. The highest BCUT2D eigenvalue weighted by molar-refractivity contribution is 9.10. The van der Waals surface area contributed by atoms with Gasteiger partial charge in [0.05, 0.1) is 0 Å². The molecule has 0 aromatic heterocycles. The van der Waals surface area contributed by atoms with E-state index in [9.17, 15) is 0 Å². The summed E-state index contributed by atoms with van der Waals surface area (Å²) in [5.74, 6) is 0. The molecule has 1 N–H and O–H groups in total. The Labute approximate surface area is 137 Å². The number of nitrogens with zero attached hydrogens (tertiary/aromatic N) is 2. The first-order chi connectivity index (χ1) is 10.1. The molecule has 4 heteroatoms. The van der Waals surface area contributed by atoms with Crippen LogP contribution < -0.4 is 10.2 Å². The van der Waals surface area contributed by atoms with Gasteiger partial charge in [-0.3, -0.25) is 0 Å². The predicted octanol–water partition coefficient (Wildman–Crippen LogP) is 3.65. The molecule has 0 amide bonds. The van der Waals surface area contributed by atoms with Gasteiger partial charge in [0.15, 0.2) is 0 Å². The summed E-state index contributed by atoms with van der Waals surface area (Å²) in [5.41, 5.74) is 2.71. The Morgan fingerprint density at radius 1 is 1.33 bits per heavy atom. The SMILES string of the molecule is CCNC(C)c1cc(Br)ccc1N(C)CCN1CCCC1. The fraction of sp³-hybridized carbons (Fsp3) is 0.647. The minimum atomic E-state index is 0.372. The summed E-state index contributed by atoms with van der Waals surface area (Å²) in [6, 6.07) is 6.99. The van der Waals surface area contributed by atoms with Gasteiger partial charge in [0.1, 0.15) is 0 Å². The molecular formula is C17H28BrN3. The molecule has 1 aromatic rings. The van der Waals surface area contributed by atoms with Gasteiger partial charge in [-0.1, -0.05) is 22.9 Å². The molecule has 1 aliphatic heterocycles. The Balaban J connectivity index is 2.05. The highest BCUT2D eigenvalue weighted by Crippen LogP contribution is 2.29. The van der Waals surface area contributed by atoms with Crippen molar-refractivity contribution in [1.29, 1.82) is 0 Å². The van der Waals surface area contributed by atoms with Crippen LogP contribution in [0, 0.1) is 0 Å². The van der Waals surface area contributed by atoms with Crippen LogP contribution in [0.2, 0.25) is 0 Å². The van der Waals surface area contributed by atoms with E-state index in [1.807, 2.05) is 0 Å². The van der Waals surface area contributed by atoms with E-state index in [4.69, 9.17) is 0 Å². The first-order valence-electron chi connectivity index (χ1n) is 8.08. The summed E-state index contributed by atoms with van der Waals surface area (Å²) < 4.78 is 1.15. The lowest BCUT2D eigenvalue weighted by molar-refractivity contribution is 0.346. The number of benzene rings is 1. The van der Waals surface area contributed by atoms with Crippen LogP contribution in [0.15, 0.2) is 22.7 Å². The quantitative estimate of drug-likeness (QED) is 0.806. The molecule has 21 heavy (non-hydrogen) atoms. The Bertz CT molecular complexity index is 444. The van der Waals surface area contributed by atoms with E-state index in [2.05, 4.69) is 70.1 Å². The maximum Gasteiger partial charge on any atom is 0.0413 e. The van der Waals surface area contributed by atoms with Crippen molar-refractivity contribution in [1.82, 2.24) is 10.2 Å². The normalized spacial score (nSPS) is 17.1. The lowest BCUT2D eigenvalue weighted by Gasteiger charge is -2.27. The number of hydrogen-bond acceptors (Lipinski definition) is 3. The molecule has 1 aliphatic rings. The van der Waals surface area contributed by atoms with Crippen molar-refractivity contribution in [2.75, 3.05) is 44.7 Å². The van der Waals surface area contributed by atoms with Crippen LogP contribution in [0.1, 0.15) is 38.3 Å². The molecule has 1 aromatic carbocycles. The molecule has 0 bridgehead atoms. The van der Waals surface area contributed by atoms with E-state index in [1.165, 1.54) is 43.7 Å². The summed E-state index contributed by atoms with van der Waals surface area (Å²) in [4.78, 5) is 4.97. The van der Waals surface area contributed by atoms with Gasteiger partial charge < -0.3 is 15.1 Å². The van der Waals surface area contributed by atoms with Gasteiger partial charge in [-0.05, 0) is 63.2 Å². The zero-order valence-corrected chi connectivity index (χ0v) is 15.1. The van der Waals surface area contributed by atoms with Crippen LogP contribution in [-0.2, 0) is 0 Å². The Morgan fingerprint density at radius 3 is 2.71 bits per heavy atom. The molecule has 0 radical (unpaired) electrons. The highest BCUT2D eigenvalue weighted by Gasteiger charge is 2.16. The van der Waals surface area contributed by atoms with Gasteiger partial charge in [0, 0.05) is 36.3 Å². The topological polar surface area (TPSA) is 18.5 Å². The second-order valence-corrected chi connectivity index (χ2v) is 6.87. The molecule has 0 saturated carbocycles. The monoisotopic (exact) mass is 353 g/mol. The summed E-state index contributed by atoms with van der Waals surface area (Å²) in [5, 5.41) is 3.52. The van der Waals surface area contributed by atoms with Gasteiger partial charge in [-0.2, -0.15) is 0 Å². The van der Waals surface area contributed by atoms with Crippen LogP contribution in [-0.4, -0.2) is 44.7 Å². The molecule has 0 aliphatic carbocycles. The Morgan fingerprint density at radius 2 is 2.05 bits per heavy atom. The Kier molecular flexibility index (Phi) is 6.52. The van der Waals surface area contributed by atoms with Gasteiger partial charge in [-0.15, -0.1) is 0 Å². The minimum absolute atomic E-state index is 0.372. The van der Waals surface area contributed by atoms with Crippen LogP contribution in [0.5, 0.6) is 0 Å². The number of likely N-dealkylation sites (N-methyl/N-ethyl adjacent to an activating group) is 1. The van der Waals surface area contributed by atoms with Crippen molar-refractivity contribution >= 4 is 21.6 Å². The zero-order chi connectivity index (χ0) is 15.2. The predicted molar refractivity (Wildman–Crippen MR) is 95.2 cm³/mol. The molecule has 1 saturated heterocycles. The number of hydrogen-bond donors (Lipinski definition) is 1. The first kappa shape index (κ1) is 16.8. The van der Waals surface area contributed by atoms with Gasteiger partial charge >= 0.3 is 0 Å². The molecule has 1 heterocycles. The van der Waals surface area contributed by atoms with Gasteiger partial charge in [0.25, 0.3) is 0 Å². The summed E-state index contributed by atoms with van der Waals surface area (Å²) >= 11 is 3.60. The molecule has 1 atom stereocenters. The molecule has 118 valence electrons. The second-order valence-electron chi connectivity index (χ2n) is 5.95. The minimum Gasteiger partial charge on any atom is -0.373 e. The van der Waals surface area contributed by atoms with E-state index in [-0.39, 0.29) is 0 Å². The second kappa shape index (κ2) is 8.16. The van der Waals surface area contributed by atoms with Gasteiger partial charge in [-0.25, -0.2) is 0 Å². The van der Waals surface area contributed by atoms with Crippen molar-refractivity contribution < 1.29 is 0 Å². The standard InChI is InChI=1S/C17H28BrN3/c1-4-19-14(2)16-13-15(18)7-8-17(16)20(3)11-12-21-9-5-6-10-21/h7-8,13-14,19H,4-6,9-12H2,1-3H3. The zero-order valence-electron chi connectivity index (χ0n) is 13.5. The smallest absolute Gasteiger partial charge is 0.0413 e. The van der Waals surface area contributed by atoms with Crippen LogP contribution in [0.3, 0.4) is 0 Å². The number of rotatable bonds is 7. The maximum absolute atomic E-state index is 3.60. The maximum atomic E-state index is 3.60. The molecule has 2 rings (SSSR count). The fourth-order valence-electron chi connectivity index (χ4n) is 3.05. The Hall–Kier alpha value is -0.580. The van der Waals surface area contributed by atoms with Crippen LogP contribution in [0.4, 0.5) is 5.69 Å². The first-order valence-corrected chi connectivity index (χ1v) is 8.87. The number of halogens is 1. The van der Waals surface area contributed by atoms with Crippen molar-refractivity contribution in [2.45, 2.75) is 32.7 Å². The fourth-order valence-corrected chi connectivity index (χ4v) is 3.43. The molecular weight excluding hydrogens is 326 g/mol. The van der Waals surface area contributed by atoms with Crippen molar-refractivity contribution in [3.63, 3.8) is 0 Å². The average Bonchev–Trinajstić information content (AvgIpc) is 2.98. The third-order valence-electron chi connectivity index (χ3n) is 4.33. The third-order valence-corrected chi connectivity index (χ3v) is 4.82.